The van der Waals surface area contributed by atoms with Crippen LogP contribution in [0.4, 0.5) is 10.9 Å². The highest BCUT2D eigenvalue weighted by Gasteiger charge is 2.24. The maximum Gasteiger partial charge on any atom is 0.355 e. The van der Waals surface area contributed by atoms with Gasteiger partial charge in [-0.05, 0) is 59.9 Å². The molecule has 8 heteroatoms. The molecule has 2 aromatic heterocycles. The smallest absolute Gasteiger partial charge is 0.355 e. The van der Waals surface area contributed by atoms with Crippen LogP contribution in [0, 0.1) is 0 Å². The number of amides is 1. The molecule has 2 N–H and O–H groups in total. The van der Waals surface area contributed by atoms with E-state index in [-0.39, 0.29) is 11.6 Å². The molecule has 0 radical (unpaired) electrons. The SMILES string of the molecule is O=C(Nc1nc2ccccc2s1)c1cccc2c1CN(c1ccc(C=CCc3ccccc3)c(C(=O)O)n1)CC2. The standard InChI is InChI=1S/C32H26N4O3S/c37-30(35-32-33-26-14-4-5-15-27(26)40-32)24-13-7-11-22-18-19-36(20-25(22)24)28-17-16-23(29(34-28)31(38)39)12-6-10-21-8-2-1-3-9-21/h1-9,11-17H,10,18-20H2,(H,38,39)(H,33,35,37). The first-order chi connectivity index (χ1) is 19.5. The van der Waals surface area contributed by atoms with Crippen LogP contribution in [0.15, 0.2) is 91.0 Å². The molecule has 0 unspecified atom stereocenters. The van der Waals surface area contributed by atoms with Crippen molar-refractivity contribution in [1.29, 1.82) is 0 Å². The lowest BCUT2D eigenvalue weighted by Gasteiger charge is -2.31. The number of thiazole rings is 1. The van der Waals surface area contributed by atoms with Crippen molar-refractivity contribution in [3.8, 4) is 0 Å². The van der Waals surface area contributed by atoms with Gasteiger partial charge in [0.1, 0.15) is 5.82 Å². The zero-order chi connectivity index (χ0) is 27.5. The van der Waals surface area contributed by atoms with E-state index < -0.39 is 5.97 Å². The van der Waals surface area contributed by atoms with Gasteiger partial charge in [0, 0.05) is 24.2 Å². The lowest BCUT2D eigenvalue weighted by Crippen LogP contribution is -2.33. The largest absolute Gasteiger partial charge is 0.476 e. The van der Waals surface area contributed by atoms with Crippen molar-refractivity contribution in [3.63, 3.8) is 0 Å². The van der Waals surface area contributed by atoms with E-state index in [9.17, 15) is 14.7 Å². The molecule has 0 spiro atoms. The minimum atomic E-state index is -1.07. The molecule has 198 valence electrons. The predicted octanol–water partition coefficient (Wildman–Crippen LogP) is 6.46. The van der Waals surface area contributed by atoms with Crippen LogP contribution in [0.3, 0.4) is 0 Å². The molecule has 6 rings (SSSR count). The van der Waals surface area contributed by atoms with Gasteiger partial charge in [0.05, 0.1) is 10.2 Å². The lowest BCUT2D eigenvalue weighted by atomic mass is 9.94. The molecule has 0 aliphatic carbocycles. The number of rotatable bonds is 7. The number of nitrogens with zero attached hydrogens (tertiary/aromatic N) is 3. The van der Waals surface area contributed by atoms with Crippen molar-refractivity contribution < 1.29 is 14.7 Å². The molecular weight excluding hydrogens is 520 g/mol. The van der Waals surface area contributed by atoms with E-state index in [1.165, 1.54) is 11.3 Å². The van der Waals surface area contributed by atoms with E-state index in [1.54, 1.807) is 6.07 Å². The number of benzene rings is 3. The summed E-state index contributed by atoms with van der Waals surface area (Å²) < 4.78 is 1.01. The monoisotopic (exact) mass is 546 g/mol. The number of carboxylic acid groups (broad SMARTS) is 1. The zero-order valence-electron chi connectivity index (χ0n) is 21.6. The maximum absolute atomic E-state index is 13.3. The number of hydrogen-bond donors (Lipinski definition) is 2. The van der Waals surface area contributed by atoms with Gasteiger partial charge in [-0.1, -0.05) is 78.1 Å². The minimum absolute atomic E-state index is 0.00877. The molecule has 3 heterocycles. The average molecular weight is 547 g/mol. The molecule has 1 amide bonds. The Morgan fingerprint density at radius 3 is 2.60 bits per heavy atom. The fourth-order valence-electron chi connectivity index (χ4n) is 4.96. The summed E-state index contributed by atoms with van der Waals surface area (Å²) in [5.41, 5.74) is 5.17. The van der Waals surface area contributed by atoms with Crippen LogP contribution in [-0.2, 0) is 19.4 Å². The van der Waals surface area contributed by atoms with Gasteiger partial charge in [-0.3, -0.25) is 10.1 Å². The first kappa shape index (κ1) is 25.5. The zero-order valence-corrected chi connectivity index (χ0v) is 22.4. The summed E-state index contributed by atoms with van der Waals surface area (Å²) in [5, 5.41) is 13.4. The molecule has 0 fully saturated rings. The predicted molar refractivity (Wildman–Crippen MR) is 159 cm³/mol. The first-order valence-corrected chi connectivity index (χ1v) is 13.8. The summed E-state index contributed by atoms with van der Waals surface area (Å²) in [6.07, 6.45) is 5.18. The number of anilines is 2. The Kier molecular flexibility index (Phi) is 7.08. The van der Waals surface area contributed by atoms with Crippen molar-refractivity contribution in [2.24, 2.45) is 0 Å². The normalized spacial score (nSPS) is 12.9. The molecule has 0 saturated carbocycles. The summed E-state index contributed by atoms with van der Waals surface area (Å²) in [6.45, 7) is 1.12. The van der Waals surface area contributed by atoms with E-state index in [0.29, 0.717) is 41.6 Å². The van der Waals surface area contributed by atoms with Crippen LogP contribution >= 0.6 is 11.3 Å². The van der Waals surface area contributed by atoms with Crippen molar-refractivity contribution >= 4 is 50.5 Å². The van der Waals surface area contributed by atoms with Gasteiger partial charge in [-0.2, -0.15) is 0 Å². The number of aromatic nitrogens is 2. The summed E-state index contributed by atoms with van der Waals surface area (Å²) in [6, 6.07) is 27.2. The van der Waals surface area contributed by atoms with E-state index in [1.807, 2.05) is 95.9 Å². The number of para-hydroxylation sites is 1. The fourth-order valence-corrected chi connectivity index (χ4v) is 5.82. The Bertz CT molecular complexity index is 1710. The van der Waals surface area contributed by atoms with Crippen molar-refractivity contribution in [2.45, 2.75) is 19.4 Å². The maximum atomic E-state index is 13.3. The van der Waals surface area contributed by atoms with E-state index >= 15 is 0 Å². The number of allylic oxidation sites excluding steroid dienone is 1. The third-order valence-corrected chi connectivity index (χ3v) is 7.92. The van der Waals surface area contributed by atoms with Crippen LogP contribution in [0.1, 0.15) is 43.1 Å². The van der Waals surface area contributed by atoms with Crippen LogP contribution in [-0.4, -0.2) is 33.5 Å². The Labute approximate surface area is 235 Å². The molecule has 5 aromatic rings. The van der Waals surface area contributed by atoms with Crippen LogP contribution < -0.4 is 10.2 Å². The Hall–Kier alpha value is -4.82. The number of fused-ring (bicyclic) bond motifs is 2. The summed E-state index contributed by atoms with van der Waals surface area (Å²) >= 11 is 1.44. The second-order valence-corrected chi connectivity index (χ2v) is 10.6. The number of carbonyl (C=O) groups is 2. The highest BCUT2D eigenvalue weighted by atomic mass is 32.1. The minimum Gasteiger partial charge on any atom is -0.476 e. The third kappa shape index (κ3) is 5.34. The highest BCUT2D eigenvalue weighted by molar-refractivity contribution is 7.22. The van der Waals surface area contributed by atoms with E-state index in [0.717, 1.165) is 33.3 Å². The first-order valence-electron chi connectivity index (χ1n) is 13.0. The summed E-state index contributed by atoms with van der Waals surface area (Å²) in [7, 11) is 0. The number of aromatic carboxylic acids is 1. The van der Waals surface area contributed by atoms with Crippen LogP contribution in [0.25, 0.3) is 16.3 Å². The quantitative estimate of drug-likeness (QED) is 0.243. The third-order valence-electron chi connectivity index (χ3n) is 6.96. The Balaban J connectivity index is 1.22. The number of nitrogens with one attached hydrogen (secondary N) is 1. The molecule has 3 aromatic carbocycles. The Morgan fingerprint density at radius 1 is 0.950 bits per heavy atom. The second kappa shape index (κ2) is 11.1. The number of pyridine rings is 1. The molecular formula is C32H26N4O3S. The molecule has 0 bridgehead atoms. The van der Waals surface area contributed by atoms with Crippen molar-refractivity contribution in [1.82, 2.24) is 9.97 Å². The van der Waals surface area contributed by atoms with Gasteiger partial charge in [-0.15, -0.1) is 0 Å². The molecule has 0 atom stereocenters. The van der Waals surface area contributed by atoms with Gasteiger partial charge in [-0.25, -0.2) is 14.8 Å². The molecule has 1 aliphatic heterocycles. The topological polar surface area (TPSA) is 95.4 Å². The molecule has 1 aliphatic rings. The number of hydrogen-bond acceptors (Lipinski definition) is 6. The van der Waals surface area contributed by atoms with Crippen molar-refractivity contribution in [2.75, 3.05) is 16.8 Å². The number of carboxylic acids is 1. The van der Waals surface area contributed by atoms with Gasteiger partial charge in [0.25, 0.3) is 5.91 Å². The molecule has 7 nitrogen and oxygen atoms in total. The van der Waals surface area contributed by atoms with Gasteiger partial charge < -0.3 is 10.0 Å². The van der Waals surface area contributed by atoms with Crippen molar-refractivity contribution in [3.05, 3.63) is 125 Å². The van der Waals surface area contributed by atoms with Gasteiger partial charge >= 0.3 is 5.97 Å². The number of carbonyl (C=O) groups excluding carboxylic acids is 1. The molecule has 40 heavy (non-hydrogen) atoms. The molecule has 0 saturated heterocycles. The fraction of sp³-hybridized carbons (Fsp3) is 0.125. The lowest BCUT2D eigenvalue weighted by molar-refractivity contribution is 0.0690. The van der Waals surface area contributed by atoms with E-state index in [4.69, 9.17) is 0 Å². The van der Waals surface area contributed by atoms with Gasteiger partial charge in [0.2, 0.25) is 0 Å². The van der Waals surface area contributed by atoms with Crippen LogP contribution in [0.2, 0.25) is 0 Å². The average Bonchev–Trinajstić information content (AvgIpc) is 3.39. The Morgan fingerprint density at radius 2 is 1.77 bits per heavy atom. The summed E-state index contributed by atoms with van der Waals surface area (Å²) in [4.78, 5) is 36.5. The second-order valence-electron chi connectivity index (χ2n) is 9.56. The highest BCUT2D eigenvalue weighted by Crippen LogP contribution is 2.29. The van der Waals surface area contributed by atoms with Gasteiger partial charge in [0.15, 0.2) is 10.8 Å². The summed E-state index contributed by atoms with van der Waals surface area (Å²) in [5.74, 6) is -0.713. The van der Waals surface area contributed by atoms with E-state index in [2.05, 4.69) is 15.3 Å². The van der Waals surface area contributed by atoms with Crippen LogP contribution in [0.5, 0.6) is 0 Å².